The van der Waals surface area contributed by atoms with E-state index in [2.05, 4.69) is 0 Å². The van der Waals surface area contributed by atoms with Gasteiger partial charge in [0.15, 0.2) is 0 Å². The van der Waals surface area contributed by atoms with E-state index in [4.69, 9.17) is 4.74 Å². The standard InChI is InChI=1S/C14H24N2O5/c1-14(2,3)21-13(20)16-6-8-5-10(17)11(12(18)19)9(7-16)15(8)4/h8-11,17H,5-7H2,1-4H3,(H,18,19). The van der Waals surface area contributed by atoms with Crippen molar-refractivity contribution in [3.63, 3.8) is 0 Å². The number of ether oxygens (including phenoxy) is 1. The van der Waals surface area contributed by atoms with E-state index in [0.717, 1.165) is 0 Å². The number of carbonyl (C=O) groups is 2. The summed E-state index contributed by atoms with van der Waals surface area (Å²) in [5.41, 5.74) is -0.582. The molecule has 120 valence electrons. The molecule has 2 bridgehead atoms. The minimum absolute atomic E-state index is 0.0399. The molecule has 0 aliphatic carbocycles. The van der Waals surface area contributed by atoms with Gasteiger partial charge in [0.1, 0.15) is 5.60 Å². The van der Waals surface area contributed by atoms with Crippen LogP contribution in [0.4, 0.5) is 4.79 Å². The number of aliphatic hydroxyl groups is 1. The van der Waals surface area contributed by atoms with Gasteiger partial charge in [0.2, 0.25) is 0 Å². The maximum absolute atomic E-state index is 12.2. The Labute approximate surface area is 124 Å². The second-order valence-corrected chi connectivity index (χ2v) is 6.94. The van der Waals surface area contributed by atoms with E-state index in [1.807, 2.05) is 11.9 Å². The van der Waals surface area contributed by atoms with E-state index in [9.17, 15) is 19.8 Å². The predicted octanol–water partition coefficient (Wildman–Crippen LogP) is 0.371. The van der Waals surface area contributed by atoms with Crippen LogP contribution in [0.2, 0.25) is 0 Å². The molecule has 2 rings (SSSR count). The van der Waals surface area contributed by atoms with Crippen LogP contribution in [0.15, 0.2) is 0 Å². The fourth-order valence-electron chi connectivity index (χ4n) is 3.18. The van der Waals surface area contributed by atoms with Crippen molar-refractivity contribution in [2.24, 2.45) is 5.92 Å². The molecular weight excluding hydrogens is 276 g/mol. The second kappa shape index (κ2) is 5.46. The molecule has 0 aromatic carbocycles. The average molecular weight is 300 g/mol. The number of hydrogen-bond acceptors (Lipinski definition) is 5. The number of nitrogens with zero attached hydrogens (tertiary/aromatic N) is 2. The van der Waals surface area contributed by atoms with Gasteiger partial charge >= 0.3 is 12.1 Å². The number of carboxylic acids is 1. The lowest BCUT2D eigenvalue weighted by Crippen LogP contribution is -2.67. The van der Waals surface area contributed by atoms with Gasteiger partial charge in [0.05, 0.1) is 12.0 Å². The number of carbonyl (C=O) groups excluding carboxylic acids is 1. The van der Waals surface area contributed by atoms with Crippen LogP contribution in [-0.4, -0.2) is 76.0 Å². The molecule has 2 aliphatic rings. The zero-order chi connectivity index (χ0) is 15.9. The number of aliphatic carboxylic acids is 1. The number of rotatable bonds is 1. The minimum Gasteiger partial charge on any atom is -0.481 e. The molecule has 0 aromatic rings. The molecule has 1 amide bonds. The highest BCUT2D eigenvalue weighted by Gasteiger charge is 2.49. The second-order valence-electron chi connectivity index (χ2n) is 6.94. The Morgan fingerprint density at radius 1 is 1.24 bits per heavy atom. The quantitative estimate of drug-likeness (QED) is 0.727. The van der Waals surface area contributed by atoms with Crippen LogP contribution in [0.1, 0.15) is 27.2 Å². The van der Waals surface area contributed by atoms with Crippen molar-refractivity contribution < 1.29 is 24.5 Å². The van der Waals surface area contributed by atoms with E-state index in [-0.39, 0.29) is 12.6 Å². The monoisotopic (exact) mass is 300 g/mol. The SMILES string of the molecule is CN1C2CC(O)C(C(=O)O)C1CN(C(=O)OC(C)(C)C)C2. The van der Waals surface area contributed by atoms with E-state index in [1.165, 1.54) is 0 Å². The number of aliphatic hydroxyl groups excluding tert-OH is 1. The first kappa shape index (κ1) is 16.0. The maximum atomic E-state index is 12.2. The Balaban J connectivity index is 2.14. The van der Waals surface area contributed by atoms with Crippen LogP contribution in [0.5, 0.6) is 0 Å². The minimum atomic E-state index is -1.02. The summed E-state index contributed by atoms with van der Waals surface area (Å²) in [6, 6.07) is -0.431. The molecule has 2 saturated heterocycles. The fourth-order valence-corrected chi connectivity index (χ4v) is 3.18. The summed E-state index contributed by atoms with van der Waals surface area (Å²) in [6.45, 7) is 6.10. The smallest absolute Gasteiger partial charge is 0.410 e. The van der Waals surface area contributed by atoms with Crippen molar-refractivity contribution in [3.8, 4) is 0 Å². The van der Waals surface area contributed by atoms with Crippen LogP contribution in [-0.2, 0) is 9.53 Å². The predicted molar refractivity (Wildman–Crippen MR) is 74.9 cm³/mol. The molecule has 0 radical (unpaired) electrons. The average Bonchev–Trinajstić information content (AvgIpc) is 2.28. The van der Waals surface area contributed by atoms with Crippen molar-refractivity contribution in [1.82, 2.24) is 9.80 Å². The van der Waals surface area contributed by atoms with Gasteiger partial charge in [0, 0.05) is 25.2 Å². The van der Waals surface area contributed by atoms with Crippen molar-refractivity contribution >= 4 is 12.1 Å². The van der Waals surface area contributed by atoms with E-state index < -0.39 is 35.7 Å². The van der Waals surface area contributed by atoms with Crippen LogP contribution in [0, 0.1) is 5.92 Å². The first-order valence-electron chi connectivity index (χ1n) is 7.21. The topological polar surface area (TPSA) is 90.3 Å². The zero-order valence-electron chi connectivity index (χ0n) is 12.9. The Bertz CT molecular complexity index is 434. The number of likely N-dealkylation sites (tertiary alicyclic amines) is 1. The number of amides is 1. The number of hydrogen-bond donors (Lipinski definition) is 2. The van der Waals surface area contributed by atoms with Crippen molar-refractivity contribution in [2.45, 2.75) is 51.0 Å². The lowest BCUT2D eigenvalue weighted by molar-refractivity contribution is -0.159. The normalized spacial score (nSPS) is 33.7. The first-order chi connectivity index (χ1) is 9.60. The summed E-state index contributed by atoms with van der Waals surface area (Å²) < 4.78 is 5.36. The molecule has 2 aliphatic heterocycles. The van der Waals surface area contributed by atoms with Gasteiger partial charge in [0.25, 0.3) is 0 Å². The molecule has 0 aromatic heterocycles. The first-order valence-corrected chi connectivity index (χ1v) is 7.21. The molecule has 2 heterocycles. The number of piperazine rings is 1. The highest BCUT2D eigenvalue weighted by Crippen LogP contribution is 2.32. The highest BCUT2D eigenvalue weighted by atomic mass is 16.6. The molecule has 4 unspecified atom stereocenters. The summed E-state index contributed by atoms with van der Waals surface area (Å²) in [6.07, 6.45) is -0.941. The third-order valence-electron chi connectivity index (χ3n) is 4.22. The van der Waals surface area contributed by atoms with Crippen LogP contribution in [0.25, 0.3) is 0 Å². The lowest BCUT2D eigenvalue weighted by atomic mass is 9.80. The van der Waals surface area contributed by atoms with Gasteiger partial charge in [-0.25, -0.2) is 4.79 Å². The summed E-state index contributed by atoms with van der Waals surface area (Å²) in [7, 11) is 1.85. The van der Waals surface area contributed by atoms with E-state index in [1.54, 1.807) is 25.7 Å². The molecular formula is C14H24N2O5. The van der Waals surface area contributed by atoms with Crippen LogP contribution >= 0.6 is 0 Å². The van der Waals surface area contributed by atoms with Gasteiger partial charge in [-0.2, -0.15) is 0 Å². The molecule has 0 spiro atoms. The van der Waals surface area contributed by atoms with Gasteiger partial charge in [-0.15, -0.1) is 0 Å². The Kier molecular flexibility index (Phi) is 4.17. The van der Waals surface area contributed by atoms with Crippen LogP contribution < -0.4 is 0 Å². The van der Waals surface area contributed by atoms with E-state index in [0.29, 0.717) is 13.0 Å². The van der Waals surface area contributed by atoms with Gasteiger partial charge < -0.3 is 19.8 Å². The molecule has 2 N–H and O–H groups in total. The van der Waals surface area contributed by atoms with Crippen LogP contribution in [0.3, 0.4) is 0 Å². The summed E-state index contributed by atoms with van der Waals surface area (Å²) in [5.74, 6) is -1.90. The molecule has 4 atom stereocenters. The molecule has 21 heavy (non-hydrogen) atoms. The highest BCUT2D eigenvalue weighted by molar-refractivity contribution is 5.73. The van der Waals surface area contributed by atoms with Crippen molar-refractivity contribution in [3.05, 3.63) is 0 Å². The van der Waals surface area contributed by atoms with Gasteiger partial charge in [-0.1, -0.05) is 0 Å². The lowest BCUT2D eigenvalue weighted by Gasteiger charge is -2.52. The largest absolute Gasteiger partial charge is 0.481 e. The van der Waals surface area contributed by atoms with Crippen molar-refractivity contribution in [1.29, 1.82) is 0 Å². The van der Waals surface area contributed by atoms with Gasteiger partial charge in [-0.3, -0.25) is 9.69 Å². The molecule has 2 fully saturated rings. The number of likely N-dealkylation sites (N-methyl/N-ethyl adjacent to an activating group) is 1. The Morgan fingerprint density at radius 2 is 1.86 bits per heavy atom. The Morgan fingerprint density at radius 3 is 2.38 bits per heavy atom. The van der Waals surface area contributed by atoms with Crippen molar-refractivity contribution in [2.75, 3.05) is 20.1 Å². The van der Waals surface area contributed by atoms with Gasteiger partial charge in [-0.05, 0) is 34.2 Å². The zero-order valence-corrected chi connectivity index (χ0v) is 12.9. The Hall–Kier alpha value is -1.34. The molecule has 7 nitrogen and oxygen atoms in total. The fraction of sp³-hybridized carbons (Fsp3) is 0.857. The summed E-state index contributed by atoms with van der Waals surface area (Å²) in [5, 5.41) is 19.4. The third kappa shape index (κ3) is 3.29. The summed E-state index contributed by atoms with van der Waals surface area (Å²) >= 11 is 0. The third-order valence-corrected chi connectivity index (χ3v) is 4.22. The number of fused-ring (bicyclic) bond motifs is 2. The number of carboxylic acid groups (broad SMARTS) is 1. The summed E-state index contributed by atoms with van der Waals surface area (Å²) in [4.78, 5) is 27.1. The maximum Gasteiger partial charge on any atom is 0.410 e. The molecule has 0 saturated carbocycles. The number of piperidine rings is 1. The molecule has 7 heteroatoms. The van der Waals surface area contributed by atoms with E-state index >= 15 is 0 Å².